The number of rotatable bonds is 5. The Morgan fingerprint density at radius 2 is 2.38 bits per heavy atom. The molecule has 1 aromatic carbocycles. The summed E-state index contributed by atoms with van der Waals surface area (Å²) in [4.78, 5) is 15.8. The number of nitrogens with zero attached hydrogens (tertiary/aromatic N) is 2. The van der Waals surface area contributed by atoms with Crippen LogP contribution in [0, 0.1) is 0 Å². The number of amides is 2. The van der Waals surface area contributed by atoms with Gasteiger partial charge in [-0.2, -0.15) is 0 Å². The molecule has 110 valence electrons. The predicted octanol–water partition coefficient (Wildman–Crippen LogP) is 2.03. The highest BCUT2D eigenvalue weighted by Crippen LogP contribution is 2.27. The van der Waals surface area contributed by atoms with Gasteiger partial charge >= 0.3 is 6.03 Å². The molecule has 2 N–H and O–H groups in total. The normalized spacial score (nSPS) is 12.6. The number of imidazole rings is 1. The molecule has 0 radical (unpaired) electrons. The summed E-state index contributed by atoms with van der Waals surface area (Å²) in [5.41, 5.74) is 1.94. The van der Waals surface area contributed by atoms with Gasteiger partial charge < -0.3 is 19.9 Å². The van der Waals surface area contributed by atoms with Crippen molar-refractivity contribution in [3.05, 3.63) is 42.5 Å². The van der Waals surface area contributed by atoms with E-state index in [1.807, 2.05) is 29.0 Å². The van der Waals surface area contributed by atoms with E-state index in [0.717, 1.165) is 43.0 Å². The lowest BCUT2D eigenvalue weighted by atomic mass is 10.1. The summed E-state index contributed by atoms with van der Waals surface area (Å²) in [6.07, 6.45) is 7.19. The zero-order valence-corrected chi connectivity index (χ0v) is 11.7. The summed E-state index contributed by atoms with van der Waals surface area (Å²) in [7, 11) is 0. The Hall–Kier alpha value is -2.50. The molecule has 21 heavy (non-hydrogen) atoms. The summed E-state index contributed by atoms with van der Waals surface area (Å²) in [5, 5.41) is 5.69. The molecule has 0 aliphatic carbocycles. The lowest BCUT2D eigenvalue weighted by Gasteiger charge is -2.09. The van der Waals surface area contributed by atoms with Crippen LogP contribution in [0.5, 0.6) is 5.75 Å². The van der Waals surface area contributed by atoms with Gasteiger partial charge in [-0.25, -0.2) is 9.78 Å². The number of carbonyl (C=O) groups excluding carboxylic acids is 1. The Morgan fingerprint density at radius 3 is 3.24 bits per heavy atom. The van der Waals surface area contributed by atoms with Gasteiger partial charge in [0.15, 0.2) is 0 Å². The molecule has 0 bridgehead atoms. The van der Waals surface area contributed by atoms with E-state index in [4.69, 9.17) is 4.74 Å². The molecule has 1 aromatic heterocycles. The third-order valence-electron chi connectivity index (χ3n) is 3.39. The highest BCUT2D eigenvalue weighted by Gasteiger charge is 2.12. The van der Waals surface area contributed by atoms with Gasteiger partial charge in [-0.05, 0) is 30.2 Å². The van der Waals surface area contributed by atoms with Crippen molar-refractivity contribution in [2.24, 2.45) is 0 Å². The van der Waals surface area contributed by atoms with E-state index >= 15 is 0 Å². The largest absolute Gasteiger partial charge is 0.493 e. The van der Waals surface area contributed by atoms with E-state index in [-0.39, 0.29) is 6.03 Å². The minimum Gasteiger partial charge on any atom is -0.493 e. The molecule has 0 fully saturated rings. The van der Waals surface area contributed by atoms with Crippen LogP contribution in [0.3, 0.4) is 0 Å². The van der Waals surface area contributed by atoms with Gasteiger partial charge in [0, 0.05) is 37.6 Å². The number of ether oxygens (including phenoxy) is 1. The first-order valence-electron chi connectivity index (χ1n) is 7.07. The maximum Gasteiger partial charge on any atom is 0.319 e. The van der Waals surface area contributed by atoms with Crippen molar-refractivity contribution in [1.29, 1.82) is 0 Å². The molecule has 6 nitrogen and oxygen atoms in total. The van der Waals surface area contributed by atoms with Crippen LogP contribution in [-0.4, -0.2) is 28.7 Å². The SMILES string of the molecule is O=C(NCCCn1ccnc1)Nc1ccc2c(c1)CCO2. The standard InChI is InChI=1S/C15H18N4O2/c20-15(17-5-1-7-19-8-6-16-11-19)18-13-2-3-14-12(10-13)4-9-21-14/h2-3,6,8,10-11H,1,4-5,7,9H2,(H2,17,18,20). The maximum absolute atomic E-state index is 11.8. The smallest absolute Gasteiger partial charge is 0.319 e. The fraction of sp³-hybridized carbons (Fsp3) is 0.333. The molecule has 0 saturated heterocycles. The molecule has 0 saturated carbocycles. The number of urea groups is 1. The van der Waals surface area contributed by atoms with E-state index in [9.17, 15) is 4.79 Å². The van der Waals surface area contributed by atoms with E-state index in [1.54, 1.807) is 12.5 Å². The summed E-state index contributed by atoms with van der Waals surface area (Å²) in [6, 6.07) is 5.54. The second-order valence-electron chi connectivity index (χ2n) is 4.96. The Kier molecular flexibility index (Phi) is 4.04. The summed E-state index contributed by atoms with van der Waals surface area (Å²) in [5.74, 6) is 0.918. The van der Waals surface area contributed by atoms with Crippen molar-refractivity contribution in [1.82, 2.24) is 14.9 Å². The number of benzene rings is 1. The van der Waals surface area contributed by atoms with Crippen LogP contribution in [0.2, 0.25) is 0 Å². The number of carbonyl (C=O) groups is 1. The zero-order valence-electron chi connectivity index (χ0n) is 11.7. The fourth-order valence-electron chi connectivity index (χ4n) is 2.32. The van der Waals surface area contributed by atoms with Gasteiger partial charge in [0.25, 0.3) is 0 Å². The van der Waals surface area contributed by atoms with Gasteiger partial charge in [0.05, 0.1) is 12.9 Å². The number of anilines is 1. The second kappa shape index (κ2) is 6.30. The summed E-state index contributed by atoms with van der Waals surface area (Å²) >= 11 is 0. The number of aryl methyl sites for hydroxylation is 1. The molecule has 2 aromatic rings. The first-order valence-corrected chi connectivity index (χ1v) is 7.07. The lowest BCUT2D eigenvalue weighted by Crippen LogP contribution is -2.30. The van der Waals surface area contributed by atoms with Crippen LogP contribution in [0.15, 0.2) is 36.9 Å². The Labute approximate surface area is 123 Å². The highest BCUT2D eigenvalue weighted by molar-refractivity contribution is 5.89. The molecule has 0 atom stereocenters. The molecular formula is C15H18N4O2. The van der Waals surface area contributed by atoms with Crippen molar-refractivity contribution in [2.45, 2.75) is 19.4 Å². The zero-order chi connectivity index (χ0) is 14.5. The molecule has 0 unspecified atom stereocenters. The number of aromatic nitrogens is 2. The average molecular weight is 286 g/mol. The lowest BCUT2D eigenvalue weighted by molar-refractivity contribution is 0.252. The molecule has 2 amide bonds. The van der Waals surface area contributed by atoms with Crippen LogP contribution in [0.25, 0.3) is 0 Å². The van der Waals surface area contributed by atoms with Crippen molar-refractivity contribution in [3.8, 4) is 5.75 Å². The first-order chi connectivity index (χ1) is 10.3. The van der Waals surface area contributed by atoms with Crippen LogP contribution >= 0.6 is 0 Å². The van der Waals surface area contributed by atoms with Crippen LogP contribution < -0.4 is 15.4 Å². The predicted molar refractivity (Wildman–Crippen MR) is 79.5 cm³/mol. The fourth-order valence-corrected chi connectivity index (χ4v) is 2.32. The van der Waals surface area contributed by atoms with Crippen molar-refractivity contribution in [2.75, 3.05) is 18.5 Å². The summed E-state index contributed by atoms with van der Waals surface area (Å²) in [6.45, 7) is 2.19. The minimum atomic E-state index is -0.181. The van der Waals surface area contributed by atoms with Crippen LogP contribution in [0.1, 0.15) is 12.0 Å². The molecule has 3 rings (SSSR count). The van der Waals surface area contributed by atoms with Crippen molar-refractivity contribution < 1.29 is 9.53 Å². The number of fused-ring (bicyclic) bond motifs is 1. The highest BCUT2D eigenvalue weighted by atomic mass is 16.5. The van der Waals surface area contributed by atoms with Gasteiger partial charge in [-0.1, -0.05) is 0 Å². The number of nitrogens with one attached hydrogen (secondary N) is 2. The molecule has 6 heteroatoms. The van der Waals surface area contributed by atoms with E-state index < -0.39 is 0 Å². The molecule has 1 aliphatic rings. The molecular weight excluding hydrogens is 268 g/mol. The minimum absolute atomic E-state index is 0.181. The monoisotopic (exact) mass is 286 g/mol. The Balaban J connectivity index is 1.41. The molecule has 2 heterocycles. The first kappa shape index (κ1) is 13.5. The van der Waals surface area contributed by atoms with Gasteiger partial charge in [-0.3, -0.25) is 0 Å². The van der Waals surface area contributed by atoms with Crippen molar-refractivity contribution in [3.63, 3.8) is 0 Å². The van der Waals surface area contributed by atoms with E-state index in [1.165, 1.54) is 0 Å². The third-order valence-corrected chi connectivity index (χ3v) is 3.39. The van der Waals surface area contributed by atoms with Crippen LogP contribution in [-0.2, 0) is 13.0 Å². The quantitative estimate of drug-likeness (QED) is 0.826. The Bertz CT molecular complexity index is 610. The summed E-state index contributed by atoms with van der Waals surface area (Å²) < 4.78 is 7.42. The van der Waals surface area contributed by atoms with Crippen molar-refractivity contribution >= 4 is 11.7 Å². The third kappa shape index (κ3) is 3.53. The van der Waals surface area contributed by atoms with Gasteiger partial charge in [0.1, 0.15) is 5.75 Å². The average Bonchev–Trinajstić information content (AvgIpc) is 3.14. The Morgan fingerprint density at radius 1 is 1.43 bits per heavy atom. The van der Waals surface area contributed by atoms with Crippen LogP contribution in [0.4, 0.5) is 10.5 Å². The van der Waals surface area contributed by atoms with Gasteiger partial charge in [0.2, 0.25) is 0 Å². The second-order valence-corrected chi connectivity index (χ2v) is 4.96. The van der Waals surface area contributed by atoms with Gasteiger partial charge in [-0.15, -0.1) is 0 Å². The number of hydrogen-bond acceptors (Lipinski definition) is 3. The topological polar surface area (TPSA) is 68.2 Å². The molecule has 1 aliphatic heterocycles. The number of hydrogen-bond donors (Lipinski definition) is 2. The van der Waals surface area contributed by atoms with E-state index in [0.29, 0.717) is 6.54 Å². The molecule has 0 spiro atoms. The van der Waals surface area contributed by atoms with E-state index in [2.05, 4.69) is 15.6 Å². The maximum atomic E-state index is 11.8.